The molecule has 0 unspecified atom stereocenters. The summed E-state index contributed by atoms with van der Waals surface area (Å²) < 4.78 is 13.2. The molecule has 1 aliphatic heterocycles. The highest BCUT2D eigenvalue weighted by molar-refractivity contribution is 5.80. The lowest BCUT2D eigenvalue weighted by atomic mass is 10.0. The van der Waals surface area contributed by atoms with Crippen LogP contribution < -0.4 is 20.0 Å². The predicted octanol–water partition coefficient (Wildman–Crippen LogP) is 1.86. The van der Waals surface area contributed by atoms with E-state index in [-0.39, 0.29) is 23.7 Å². The van der Waals surface area contributed by atoms with E-state index in [4.69, 9.17) is 0 Å². The number of quaternary nitrogens is 1. The Morgan fingerprint density at radius 3 is 2.30 bits per heavy atom. The molecule has 1 atom stereocenters. The Labute approximate surface area is 178 Å². The molecule has 2 aliphatic rings. The fraction of sp³-hybridized carbons (Fsp3) is 0.458. The van der Waals surface area contributed by atoms with Crippen LogP contribution in [0.4, 0.5) is 15.8 Å². The lowest BCUT2D eigenvalue weighted by Crippen LogP contribution is -3.15. The molecule has 30 heavy (non-hydrogen) atoms. The van der Waals surface area contributed by atoms with Gasteiger partial charge in [-0.1, -0.05) is 12.1 Å². The van der Waals surface area contributed by atoms with E-state index >= 15 is 0 Å². The maximum absolute atomic E-state index is 13.2. The maximum Gasteiger partial charge on any atom is 0.223 e. The molecule has 0 aromatic heterocycles. The molecular weight excluding hydrogens is 379 g/mol. The number of rotatable bonds is 7. The third-order valence-corrected chi connectivity index (χ3v) is 6.33. The molecule has 1 heterocycles. The van der Waals surface area contributed by atoms with Gasteiger partial charge in [0.15, 0.2) is 0 Å². The first kappa shape index (κ1) is 20.7. The number of hydrogen-bond donors (Lipinski definition) is 2. The van der Waals surface area contributed by atoms with Gasteiger partial charge in [-0.15, -0.1) is 0 Å². The van der Waals surface area contributed by atoms with E-state index in [9.17, 15) is 9.18 Å². The summed E-state index contributed by atoms with van der Waals surface area (Å²) in [6.45, 7) is 4.48. The van der Waals surface area contributed by atoms with Gasteiger partial charge in [0.25, 0.3) is 0 Å². The number of halogens is 1. The van der Waals surface area contributed by atoms with Gasteiger partial charge < -0.3 is 20.0 Å². The number of amides is 1. The van der Waals surface area contributed by atoms with Crippen molar-refractivity contribution in [2.45, 2.75) is 18.9 Å². The minimum absolute atomic E-state index is 0.198. The van der Waals surface area contributed by atoms with Crippen LogP contribution in [0, 0.1) is 11.7 Å². The highest BCUT2D eigenvalue weighted by Crippen LogP contribution is 2.29. The second-order valence-electron chi connectivity index (χ2n) is 8.68. The predicted molar refractivity (Wildman–Crippen MR) is 119 cm³/mol. The summed E-state index contributed by atoms with van der Waals surface area (Å²) in [6, 6.07) is 15.7. The number of hydrogen-bond acceptors (Lipinski definition) is 3. The van der Waals surface area contributed by atoms with E-state index in [1.807, 2.05) is 26.2 Å². The van der Waals surface area contributed by atoms with E-state index < -0.39 is 0 Å². The van der Waals surface area contributed by atoms with Crippen molar-refractivity contribution in [1.29, 1.82) is 0 Å². The van der Waals surface area contributed by atoms with Gasteiger partial charge in [-0.05, 0) is 49.2 Å². The quantitative estimate of drug-likeness (QED) is 0.731. The topological polar surface area (TPSA) is 40.0 Å². The zero-order valence-corrected chi connectivity index (χ0v) is 17.9. The molecule has 1 amide bonds. The molecule has 1 aliphatic carbocycles. The Morgan fingerprint density at radius 1 is 1.10 bits per heavy atom. The zero-order valence-electron chi connectivity index (χ0n) is 17.9. The van der Waals surface area contributed by atoms with Crippen LogP contribution in [0.3, 0.4) is 0 Å². The lowest BCUT2D eigenvalue weighted by Gasteiger charge is -2.38. The fourth-order valence-electron chi connectivity index (χ4n) is 4.25. The molecule has 0 radical (unpaired) electrons. The van der Waals surface area contributed by atoms with Crippen LogP contribution in [0.1, 0.15) is 24.4 Å². The smallest absolute Gasteiger partial charge is 0.223 e. The monoisotopic (exact) mass is 411 g/mol. The van der Waals surface area contributed by atoms with E-state index in [2.05, 4.69) is 39.4 Å². The van der Waals surface area contributed by atoms with E-state index in [0.29, 0.717) is 6.54 Å². The second kappa shape index (κ2) is 9.04. The normalized spacial score (nSPS) is 18.2. The number of nitrogens with one attached hydrogen (secondary N) is 2. The lowest BCUT2D eigenvalue weighted by molar-refractivity contribution is -0.931. The average Bonchev–Trinajstić information content (AvgIpc) is 3.61. The third kappa shape index (κ3) is 4.93. The number of benzene rings is 2. The van der Waals surface area contributed by atoms with Crippen molar-refractivity contribution in [3.63, 3.8) is 0 Å². The largest absolute Gasteiger partial charge is 0.378 e. The van der Waals surface area contributed by atoms with Gasteiger partial charge in [-0.25, -0.2) is 4.39 Å². The second-order valence-corrected chi connectivity index (χ2v) is 8.68. The molecule has 4 rings (SSSR count). The summed E-state index contributed by atoms with van der Waals surface area (Å²) in [5.41, 5.74) is 3.52. The summed E-state index contributed by atoms with van der Waals surface area (Å²) in [5, 5.41) is 3.20. The minimum atomic E-state index is -0.198. The summed E-state index contributed by atoms with van der Waals surface area (Å²) in [4.78, 5) is 18.2. The van der Waals surface area contributed by atoms with Crippen LogP contribution in [0.5, 0.6) is 0 Å². The molecule has 1 saturated heterocycles. The number of piperazine rings is 1. The Hall–Kier alpha value is -2.60. The van der Waals surface area contributed by atoms with Crippen LogP contribution in [0.15, 0.2) is 48.5 Å². The highest BCUT2D eigenvalue weighted by Gasteiger charge is 2.33. The molecule has 2 aromatic carbocycles. The van der Waals surface area contributed by atoms with Gasteiger partial charge >= 0.3 is 0 Å². The fourth-order valence-corrected chi connectivity index (χ4v) is 4.25. The third-order valence-electron chi connectivity index (χ3n) is 6.33. The molecule has 1 saturated carbocycles. The Kier molecular flexibility index (Phi) is 6.23. The standard InChI is InChI=1S/C24H31FN4O/c1-27(2)21-9-5-18(6-10-21)23(17-26-24(30)19-3-4-19)29-15-13-28(14-16-29)22-11-7-20(25)8-12-22/h5-12,19,23H,3-4,13-17H2,1-2H3,(H,26,30)/p+1/t23-/m0/s1. The first-order chi connectivity index (χ1) is 14.5. The van der Waals surface area contributed by atoms with Gasteiger partial charge in [-0.2, -0.15) is 0 Å². The summed E-state index contributed by atoms with van der Waals surface area (Å²) in [6.07, 6.45) is 2.05. The van der Waals surface area contributed by atoms with Gasteiger partial charge in [0, 0.05) is 37.0 Å². The molecule has 0 spiro atoms. The first-order valence-electron chi connectivity index (χ1n) is 10.9. The van der Waals surface area contributed by atoms with Crippen molar-refractivity contribution >= 4 is 17.3 Å². The SMILES string of the molecule is CN(C)c1ccc([C@H](CNC(=O)C2CC2)[NH+]2CCN(c3ccc(F)cc3)CC2)cc1. The molecule has 6 heteroatoms. The van der Waals surface area contributed by atoms with Crippen molar-refractivity contribution in [3.8, 4) is 0 Å². The Morgan fingerprint density at radius 2 is 1.73 bits per heavy atom. The average molecular weight is 412 g/mol. The summed E-state index contributed by atoms with van der Waals surface area (Å²) in [7, 11) is 4.09. The Bertz CT molecular complexity index is 841. The molecule has 160 valence electrons. The molecule has 5 nitrogen and oxygen atoms in total. The molecule has 2 fully saturated rings. The van der Waals surface area contributed by atoms with Crippen molar-refractivity contribution in [2.24, 2.45) is 5.92 Å². The van der Waals surface area contributed by atoms with E-state index in [1.54, 1.807) is 0 Å². The first-order valence-corrected chi connectivity index (χ1v) is 10.9. The molecule has 2 N–H and O–H groups in total. The molecule has 0 bridgehead atoms. The zero-order chi connectivity index (χ0) is 21.1. The van der Waals surface area contributed by atoms with Gasteiger partial charge in [-0.3, -0.25) is 4.79 Å². The van der Waals surface area contributed by atoms with E-state index in [0.717, 1.165) is 44.7 Å². The maximum atomic E-state index is 13.2. The van der Waals surface area contributed by atoms with Crippen molar-refractivity contribution in [3.05, 3.63) is 59.9 Å². The van der Waals surface area contributed by atoms with Crippen molar-refractivity contribution < 1.29 is 14.1 Å². The van der Waals surface area contributed by atoms with Crippen molar-refractivity contribution in [1.82, 2.24) is 5.32 Å². The number of carbonyl (C=O) groups is 1. The summed E-state index contributed by atoms with van der Waals surface area (Å²) >= 11 is 0. The van der Waals surface area contributed by atoms with Crippen LogP contribution in [0.2, 0.25) is 0 Å². The van der Waals surface area contributed by atoms with Gasteiger partial charge in [0.1, 0.15) is 11.9 Å². The number of carbonyl (C=O) groups excluding carboxylic acids is 1. The summed E-state index contributed by atoms with van der Waals surface area (Å²) in [5.74, 6) is 0.233. The van der Waals surface area contributed by atoms with Crippen LogP contribution >= 0.6 is 0 Å². The van der Waals surface area contributed by atoms with Crippen LogP contribution in [-0.4, -0.2) is 52.7 Å². The van der Waals surface area contributed by atoms with E-state index in [1.165, 1.54) is 28.3 Å². The van der Waals surface area contributed by atoms with Gasteiger partial charge in [0.05, 0.1) is 32.7 Å². The molecular formula is C24H32FN4O+. The number of anilines is 2. The highest BCUT2D eigenvalue weighted by atomic mass is 19.1. The Balaban J connectivity index is 1.44. The van der Waals surface area contributed by atoms with Crippen LogP contribution in [0.25, 0.3) is 0 Å². The molecule has 2 aromatic rings. The van der Waals surface area contributed by atoms with Crippen LogP contribution in [-0.2, 0) is 4.79 Å². The minimum Gasteiger partial charge on any atom is -0.378 e. The number of nitrogens with zero attached hydrogens (tertiary/aromatic N) is 2. The van der Waals surface area contributed by atoms with Gasteiger partial charge in [0.2, 0.25) is 5.91 Å². The van der Waals surface area contributed by atoms with Crippen molar-refractivity contribution in [2.75, 3.05) is 56.6 Å².